The summed E-state index contributed by atoms with van der Waals surface area (Å²) in [5.41, 5.74) is 6.44. The van der Waals surface area contributed by atoms with E-state index < -0.39 is 10.0 Å². The lowest BCUT2D eigenvalue weighted by Crippen LogP contribution is -2.47. The average molecular weight is 335 g/mol. The zero-order chi connectivity index (χ0) is 14.6. The lowest BCUT2D eigenvalue weighted by Gasteiger charge is -2.33. The Bertz CT molecular complexity index is 551. The highest BCUT2D eigenvalue weighted by molar-refractivity contribution is 7.88. The van der Waals surface area contributed by atoms with E-state index in [1.165, 1.54) is 0 Å². The molecule has 1 fully saturated rings. The number of sulfonamides is 1. The van der Waals surface area contributed by atoms with Gasteiger partial charge in [0.05, 0.1) is 12.9 Å². The number of hydrogen-bond acceptors (Lipinski definition) is 4. The number of rotatable bonds is 5. The molecule has 0 spiro atoms. The molecular weight excluding hydrogens is 312 g/mol. The number of halogens is 1. The minimum atomic E-state index is -3.32. The molecule has 21 heavy (non-hydrogen) atoms. The third kappa shape index (κ3) is 4.57. The molecule has 1 aliphatic rings. The quantitative estimate of drug-likeness (QED) is 0.890. The first-order chi connectivity index (χ1) is 9.56. The number of piperidine rings is 1. The van der Waals surface area contributed by atoms with Gasteiger partial charge in [-0.05, 0) is 30.5 Å². The minimum absolute atomic E-state index is 0. The largest absolute Gasteiger partial charge is 0.497 e. The van der Waals surface area contributed by atoms with Crippen molar-refractivity contribution < 1.29 is 13.2 Å². The SMILES string of the molecule is COc1cccc(CS(=O)(=O)N2CCCCC2CN)c1.Cl. The van der Waals surface area contributed by atoms with Crippen molar-refractivity contribution in [3.8, 4) is 5.75 Å². The molecule has 0 aliphatic carbocycles. The number of nitrogens with two attached hydrogens (primary N) is 1. The molecule has 1 aliphatic heterocycles. The number of nitrogens with zero attached hydrogens (tertiary/aromatic N) is 1. The summed E-state index contributed by atoms with van der Waals surface area (Å²) < 4.78 is 31.8. The summed E-state index contributed by atoms with van der Waals surface area (Å²) in [6.07, 6.45) is 2.81. The van der Waals surface area contributed by atoms with Gasteiger partial charge < -0.3 is 10.5 Å². The zero-order valence-corrected chi connectivity index (χ0v) is 13.8. The van der Waals surface area contributed by atoms with Crippen molar-refractivity contribution in [3.63, 3.8) is 0 Å². The molecule has 0 amide bonds. The highest BCUT2D eigenvalue weighted by Crippen LogP contribution is 2.23. The van der Waals surface area contributed by atoms with Crippen LogP contribution in [0.2, 0.25) is 0 Å². The number of ether oxygens (including phenoxy) is 1. The molecule has 1 saturated heterocycles. The Morgan fingerprint density at radius 2 is 2.14 bits per heavy atom. The second-order valence-electron chi connectivity index (χ2n) is 5.10. The molecule has 0 radical (unpaired) electrons. The summed E-state index contributed by atoms with van der Waals surface area (Å²) in [7, 11) is -1.75. The monoisotopic (exact) mass is 334 g/mol. The predicted octanol–water partition coefficient (Wildman–Crippen LogP) is 1.76. The molecule has 0 saturated carbocycles. The van der Waals surface area contributed by atoms with Crippen LogP contribution in [0.5, 0.6) is 5.75 Å². The van der Waals surface area contributed by atoms with Crippen LogP contribution < -0.4 is 10.5 Å². The van der Waals surface area contributed by atoms with Gasteiger partial charge in [0, 0.05) is 19.1 Å². The van der Waals surface area contributed by atoms with Crippen molar-refractivity contribution in [2.24, 2.45) is 5.73 Å². The summed E-state index contributed by atoms with van der Waals surface area (Å²) >= 11 is 0. The normalized spacial score (nSPS) is 19.8. The molecule has 5 nitrogen and oxygen atoms in total. The van der Waals surface area contributed by atoms with Crippen LogP contribution in [0.15, 0.2) is 24.3 Å². The first-order valence-electron chi connectivity index (χ1n) is 6.89. The lowest BCUT2D eigenvalue weighted by atomic mass is 10.1. The van der Waals surface area contributed by atoms with Crippen LogP contribution in [0.1, 0.15) is 24.8 Å². The van der Waals surface area contributed by atoms with Crippen LogP contribution in [-0.2, 0) is 15.8 Å². The Morgan fingerprint density at radius 3 is 2.81 bits per heavy atom. The van der Waals surface area contributed by atoms with Gasteiger partial charge in [-0.3, -0.25) is 0 Å². The Kier molecular flexibility index (Phi) is 6.93. The van der Waals surface area contributed by atoms with Gasteiger partial charge in [-0.2, -0.15) is 4.31 Å². The van der Waals surface area contributed by atoms with E-state index in [9.17, 15) is 8.42 Å². The topological polar surface area (TPSA) is 72.6 Å². The maximum Gasteiger partial charge on any atom is 0.218 e. The molecular formula is C14H23ClN2O3S. The molecule has 1 unspecified atom stereocenters. The van der Waals surface area contributed by atoms with Crippen molar-refractivity contribution >= 4 is 22.4 Å². The van der Waals surface area contributed by atoms with Gasteiger partial charge in [-0.15, -0.1) is 12.4 Å². The summed E-state index contributed by atoms with van der Waals surface area (Å²) in [6, 6.07) is 7.12. The van der Waals surface area contributed by atoms with Crippen LogP contribution in [0.3, 0.4) is 0 Å². The highest BCUT2D eigenvalue weighted by Gasteiger charge is 2.31. The van der Waals surface area contributed by atoms with Crippen molar-refractivity contribution in [2.75, 3.05) is 20.2 Å². The van der Waals surface area contributed by atoms with E-state index in [0.29, 0.717) is 18.8 Å². The third-order valence-corrected chi connectivity index (χ3v) is 5.58. The minimum Gasteiger partial charge on any atom is -0.497 e. The lowest BCUT2D eigenvalue weighted by molar-refractivity contribution is 0.257. The van der Waals surface area contributed by atoms with Gasteiger partial charge >= 0.3 is 0 Å². The second kappa shape index (κ2) is 7.98. The molecule has 0 bridgehead atoms. The van der Waals surface area contributed by atoms with Crippen molar-refractivity contribution in [3.05, 3.63) is 29.8 Å². The Labute approximate surface area is 132 Å². The second-order valence-corrected chi connectivity index (χ2v) is 7.03. The maximum absolute atomic E-state index is 12.6. The third-order valence-electron chi connectivity index (χ3n) is 3.69. The van der Waals surface area contributed by atoms with Crippen LogP contribution >= 0.6 is 12.4 Å². The van der Waals surface area contributed by atoms with Crippen molar-refractivity contribution in [1.29, 1.82) is 0 Å². The molecule has 120 valence electrons. The smallest absolute Gasteiger partial charge is 0.218 e. The van der Waals surface area contributed by atoms with E-state index in [-0.39, 0.29) is 24.2 Å². The summed E-state index contributed by atoms with van der Waals surface area (Å²) in [4.78, 5) is 0. The van der Waals surface area contributed by atoms with E-state index in [1.807, 2.05) is 6.07 Å². The Hall–Kier alpha value is -0.820. The number of benzene rings is 1. The fourth-order valence-corrected chi connectivity index (χ4v) is 4.45. The molecule has 0 aromatic heterocycles. The van der Waals surface area contributed by atoms with Gasteiger partial charge in [0.25, 0.3) is 0 Å². The highest BCUT2D eigenvalue weighted by atomic mass is 35.5. The summed E-state index contributed by atoms with van der Waals surface area (Å²) in [5.74, 6) is 0.674. The van der Waals surface area contributed by atoms with Crippen LogP contribution in [0, 0.1) is 0 Å². The molecule has 2 N–H and O–H groups in total. The molecule has 1 heterocycles. The van der Waals surface area contributed by atoms with E-state index in [4.69, 9.17) is 10.5 Å². The Balaban J connectivity index is 0.00000220. The number of hydrogen-bond donors (Lipinski definition) is 1. The van der Waals surface area contributed by atoms with Crippen LogP contribution in [0.4, 0.5) is 0 Å². The van der Waals surface area contributed by atoms with Crippen molar-refractivity contribution in [2.45, 2.75) is 31.1 Å². The zero-order valence-electron chi connectivity index (χ0n) is 12.2. The van der Waals surface area contributed by atoms with Crippen molar-refractivity contribution in [1.82, 2.24) is 4.31 Å². The fraction of sp³-hybridized carbons (Fsp3) is 0.571. The van der Waals surface area contributed by atoms with E-state index in [0.717, 1.165) is 24.8 Å². The molecule has 1 aromatic rings. The molecule has 7 heteroatoms. The van der Waals surface area contributed by atoms with Gasteiger partial charge in [-0.1, -0.05) is 18.6 Å². The summed E-state index contributed by atoms with van der Waals surface area (Å²) in [5, 5.41) is 0. The van der Waals surface area contributed by atoms with Crippen LogP contribution in [0.25, 0.3) is 0 Å². The van der Waals surface area contributed by atoms with Gasteiger partial charge in [0.1, 0.15) is 5.75 Å². The average Bonchev–Trinajstić information content (AvgIpc) is 2.47. The standard InChI is InChI=1S/C14H22N2O3S.ClH/c1-19-14-7-4-5-12(9-14)11-20(17,18)16-8-3-2-6-13(16)10-15;/h4-5,7,9,13H,2-3,6,8,10-11,15H2,1H3;1H. The fourth-order valence-electron chi connectivity index (χ4n) is 2.63. The van der Waals surface area contributed by atoms with Gasteiger partial charge in [0.15, 0.2) is 0 Å². The first kappa shape index (κ1) is 18.2. The van der Waals surface area contributed by atoms with E-state index in [2.05, 4.69) is 0 Å². The molecule has 2 rings (SSSR count). The molecule has 1 atom stereocenters. The van der Waals surface area contributed by atoms with E-state index in [1.54, 1.807) is 29.6 Å². The Morgan fingerprint density at radius 1 is 1.38 bits per heavy atom. The number of methoxy groups -OCH3 is 1. The van der Waals surface area contributed by atoms with Gasteiger partial charge in [-0.25, -0.2) is 8.42 Å². The first-order valence-corrected chi connectivity index (χ1v) is 8.50. The van der Waals surface area contributed by atoms with Gasteiger partial charge in [0.2, 0.25) is 10.0 Å². The molecule has 1 aromatic carbocycles. The van der Waals surface area contributed by atoms with Crippen LogP contribution in [-0.4, -0.2) is 39.0 Å². The summed E-state index contributed by atoms with van der Waals surface area (Å²) in [6.45, 7) is 0.964. The van der Waals surface area contributed by atoms with E-state index >= 15 is 0 Å². The predicted molar refractivity (Wildman–Crippen MR) is 86.3 cm³/mol. The maximum atomic E-state index is 12.6.